The molecule has 0 radical (unpaired) electrons. The maximum Gasteiger partial charge on any atom is 0.254 e. The van der Waals surface area contributed by atoms with E-state index in [2.05, 4.69) is 12.2 Å². The minimum atomic E-state index is -0.441. The summed E-state index contributed by atoms with van der Waals surface area (Å²) in [5, 5.41) is 2.85. The predicted molar refractivity (Wildman–Crippen MR) is 96.4 cm³/mol. The van der Waals surface area contributed by atoms with E-state index in [9.17, 15) is 9.59 Å². The number of nitrogens with zero attached hydrogens (tertiary/aromatic N) is 1. The molecule has 3 N–H and O–H groups in total. The summed E-state index contributed by atoms with van der Waals surface area (Å²) < 4.78 is 5.60. The predicted octanol–water partition coefficient (Wildman–Crippen LogP) is 2.15. The molecule has 136 valence electrons. The lowest BCUT2D eigenvalue weighted by atomic mass is 10.0. The standard InChI is InChI=1S/C19H27N3O3/c1-13-4-2-3-11-22(13)19(24)14-5-7-15(8-6-14)21-18(23)17-10-9-16(12-20)25-17/h5-8,13,16-17H,2-4,9-12,20H2,1H3,(H,21,23)/t13?,16-,17+/m1/s1. The van der Waals surface area contributed by atoms with E-state index in [1.165, 1.54) is 6.42 Å². The van der Waals surface area contributed by atoms with Crippen molar-refractivity contribution >= 4 is 17.5 Å². The number of rotatable bonds is 4. The molecular weight excluding hydrogens is 318 g/mol. The molecule has 1 unspecified atom stereocenters. The summed E-state index contributed by atoms with van der Waals surface area (Å²) >= 11 is 0. The topological polar surface area (TPSA) is 84.7 Å². The highest BCUT2D eigenvalue weighted by Crippen LogP contribution is 2.22. The van der Waals surface area contributed by atoms with Crippen molar-refractivity contribution in [2.24, 2.45) is 5.73 Å². The quantitative estimate of drug-likeness (QED) is 0.876. The average molecular weight is 345 g/mol. The van der Waals surface area contributed by atoms with Crippen LogP contribution in [0.3, 0.4) is 0 Å². The van der Waals surface area contributed by atoms with Crippen LogP contribution in [-0.4, -0.2) is 48.1 Å². The Hall–Kier alpha value is -1.92. The molecule has 2 aliphatic heterocycles. The van der Waals surface area contributed by atoms with E-state index >= 15 is 0 Å². The van der Waals surface area contributed by atoms with Gasteiger partial charge in [0.1, 0.15) is 6.10 Å². The summed E-state index contributed by atoms with van der Waals surface area (Å²) in [5.74, 6) is -0.0883. The van der Waals surface area contributed by atoms with E-state index in [1.54, 1.807) is 24.3 Å². The first kappa shape index (κ1) is 17.9. The SMILES string of the molecule is CC1CCCCN1C(=O)c1ccc(NC(=O)[C@@H]2CC[C@H](CN)O2)cc1. The van der Waals surface area contributed by atoms with Crippen molar-refractivity contribution in [3.05, 3.63) is 29.8 Å². The molecule has 2 amide bonds. The first-order chi connectivity index (χ1) is 12.1. The molecule has 2 heterocycles. The van der Waals surface area contributed by atoms with E-state index in [0.29, 0.717) is 24.2 Å². The van der Waals surface area contributed by atoms with Gasteiger partial charge in [0.05, 0.1) is 6.10 Å². The molecule has 1 aromatic carbocycles. The molecule has 0 bridgehead atoms. The summed E-state index contributed by atoms with van der Waals surface area (Å²) in [6, 6.07) is 7.38. The van der Waals surface area contributed by atoms with Crippen molar-refractivity contribution < 1.29 is 14.3 Å². The normalized spacial score (nSPS) is 26.5. The van der Waals surface area contributed by atoms with Crippen molar-refractivity contribution in [2.75, 3.05) is 18.4 Å². The van der Waals surface area contributed by atoms with Crippen molar-refractivity contribution in [1.82, 2.24) is 4.90 Å². The van der Waals surface area contributed by atoms with Crippen LogP contribution in [0.25, 0.3) is 0 Å². The molecule has 25 heavy (non-hydrogen) atoms. The van der Waals surface area contributed by atoms with Gasteiger partial charge < -0.3 is 20.7 Å². The van der Waals surface area contributed by atoms with Crippen molar-refractivity contribution in [3.8, 4) is 0 Å². The van der Waals surface area contributed by atoms with Gasteiger partial charge in [-0.05, 0) is 63.3 Å². The smallest absolute Gasteiger partial charge is 0.254 e. The van der Waals surface area contributed by atoms with Crippen LogP contribution in [-0.2, 0) is 9.53 Å². The fraction of sp³-hybridized carbons (Fsp3) is 0.579. The summed E-state index contributed by atoms with van der Waals surface area (Å²) in [4.78, 5) is 26.8. The molecule has 0 aliphatic carbocycles. The number of likely N-dealkylation sites (tertiary alicyclic amines) is 1. The number of amides is 2. The van der Waals surface area contributed by atoms with E-state index in [0.717, 1.165) is 25.8 Å². The number of hydrogen-bond donors (Lipinski definition) is 2. The Labute approximate surface area is 148 Å². The molecule has 2 saturated heterocycles. The third kappa shape index (κ3) is 4.19. The summed E-state index contributed by atoms with van der Waals surface area (Å²) in [7, 11) is 0. The van der Waals surface area contributed by atoms with Crippen LogP contribution in [0.2, 0.25) is 0 Å². The van der Waals surface area contributed by atoms with Gasteiger partial charge in [-0.3, -0.25) is 9.59 Å². The number of nitrogens with two attached hydrogens (primary N) is 1. The van der Waals surface area contributed by atoms with Crippen LogP contribution in [0.15, 0.2) is 24.3 Å². The van der Waals surface area contributed by atoms with Crippen LogP contribution in [0, 0.1) is 0 Å². The van der Waals surface area contributed by atoms with Gasteiger partial charge in [0.15, 0.2) is 0 Å². The molecule has 6 nitrogen and oxygen atoms in total. The van der Waals surface area contributed by atoms with Gasteiger partial charge in [0.2, 0.25) is 0 Å². The maximum atomic E-state index is 12.6. The minimum Gasteiger partial charge on any atom is -0.364 e. The van der Waals surface area contributed by atoms with Gasteiger partial charge >= 0.3 is 0 Å². The molecule has 0 aromatic heterocycles. The molecule has 6 heteroatoms. The third-order valence-corrected chi connectivity index (χ3v) is 5.13. The van der Waals surface area contributed by atoms with E-state index < -0.39 is 6.10 Å². The second-order valence-electron chi connectivity index (χ2n) is 6.97. The molecule has 0 saturated carbocycles. The summed E-state index contributed by atoms with van der Waals surface area (Å²) in [6.07, 6.45) is 4.35. The first-order valence-corrected chi connectivity index (χ1v) is 9.16. The number of ether oxygens (including phenoxy) is 1. The van der Waals surface area contributed by atoms with Gasteiger partial charge in [-0.15, -0.1) is 0 Å². The summed E-state index contributed by atoms with van der Waals surface area (Å²) in [5.41, 5.74) is 6.91. The Balaban J connectivity index is 1.58. The number of anilines is 1. The molecule has 2 fully saturated rings. The second kappa shape index (κ2) is 7.97. The fourth-order valence-corrected chi connectivity index (χ4v) is 3.56. The van der Waals surface area contributed by atoms with Crippen molar-refractivity contribution in [2.45, 2.75) is 57.3 Å². The number of hydrogen-bond acceptors (Lipinski definition) is 4. The monoisotopic (exact) mass is 345 g/mol. The average Bonchev–Trinajstić information content (AvgIpc) is 3.11. The van der Waals surface area contributed by atoms with Crippen LogP contribution >= 0.6 is 0 Å². The number of nitrogens with one attached hydrogen (secondary N) is 1. The van der Waals surface area contributed by atoms with Crippen molar-refractivity contribution in [1.29, 1.82) is 0 Å². The van der Waals surface area contributed by atoms with E-state index in [1.807, 2.05) is 4.90 Å². The zero-order chi connectivity index (χ0) is 17.8. The Morgan fingerprint density at radius 3 is 2.60 bits per heavy atom. The Morgan fingerprint density at radius 1 is 1.20 bits per heavy atom. The van der Waals surface area contributed by atoms with Crippen LogP contribution in [0.4, 0.5) is 5.69 Å². The largest absolute Gasteiger partial charge is 0.364 e. The Bertz CT molecular complexity index is 617. The van der Waals surface area contributed by atoms with Gasteiger partial charge in [0, 0.05) is 30.4 Å². The van der Waals surface area contributed by atoms with E-state index in [-0.39, 0.29) is 24.0 Å². The molecule has 2 aliphatic rings. The van der Waals surface area contributed by atoms with Gasteiger partial charge in [-0.25, -0.2) is 0 Å². The van der Waals surface area contributed by atoms with Crippen LogP contribution in [0.5, 0.6) is 0 Å². The fourth-order valence-electron chi connectivity index (χ4n) is 3.56. The molecule has 3 atom stereocenters. The highest BCUT2D eigenvalue weighted by atomic mass is 16.5. The zero-order valence-electron chi connectivity index (χ0n) is 14.7. The van der Waals surface area contributed by atoms with Crippen molar-refractivity contribution in [3.63, 3.8) is 0 Å². The minimum absolute atomic E-state index is 0.0257. The van der Waals surface area contributed by atoms with Crippen LogP contribution < -0.4 is 11.1 Å². The Kier molecular flexibility index (Phi) is 5.71. The van der Waals surface area contributed by atoms with Gasteiger partial charge in [-0.1, -0.05) is 0 Å². The summed E-state index contributed by atoms with van der Waals surface area (Å²) in [6.45, 7) is 3.36. The van der Waals surface area contributed by atoms with Gasteiger partial charge in [0.25, 0.3) is 11.8 Å². The molecular formula is C19H27N3O3. The highest BCUT2D eigenvalue weighted by Gasteiger charge is 2.30. The maximum absolute atomic E-state index is 12.6. The van der Waals surface area contributed by atoms with Gasteiger partial charge in [-0.2, -0.15) is 0 Å². The first-order valence-electron chi connectivity index (χ1n) is 9.16. The Morgan fingerprint density at radius 2 is 1.96 bits per heavy atom. The zero-order valence-corrected chi connectivity index (χ0v) is 14.7. The van der Waals surface area contributed by atoms with Crippen LogP contribution in [0.1, 0.15) is 49.4 Å². The molecule has 1 aromatic rings. The lowest BCUT2D eigenvalue weighted by Crippen LogP contribution is -2.42. The second-order valence-corrected chi connectivity index (χ2v) is 6.97. The molecule has 0 spiro atoms. The lowest BCUT2D eigenvalue weighted by molar-refractivity contribution is -0.126. The number of piperidine rings is 1. The number of carbonyl (C=O) groups is 2. The third-order valence-electron chi connectivity index (χ3n) is 5.13. The highest BCUT2D eigenvalue weighted by molar-refractivity contribution is 5.97. The van der Waals surface area contributed by atoms with E-state index in [4.69, 9.17) is 10.5 Å². The number of benzene rings is 1. The number of carbonyl (C=O) groups excluding carboxylic acids is 2. The molecule has 3 rings (SSSR count). The lowest BCUT2D eigenvalue weighted by Gasteiger charge is -2.33.